The quantitative estimate of drug-likeness (QED) is 0.906. The van der Waals surface area contributed by atoms with E-state index in [-0.39, 0.29) is 5.91 Å². The van der Waals surface area contributed by atoms with Gasteiger partial charge in [0.2, 0.25) is 5.91 Å². The fraction of sp³-hybridized carbons (Fsp3) is 0.385. The number of rotatable bonds is 5. The fourth-order valence-corrected chi connectivity index (χ4v) is 1.98. The van der Waals surface area contributed by atoms with Crippen molar-refractivity contribution in [2.45, 2.75) is 26.8 Å². The summed E-state index contributed by atoms with van der Waals surface area (Å²) in [5.74, 6) is 0.937. The number of nitrogens with one attached hydrogen (secondary N) is 1. The Balaban J connectivity index is 2.05. The largest absolute Gasteiger partial charge is 0.349 e. The zero-order chi connectivity index (χ0) is 14.5. The molecule has 1 aromatic carbocycles. The number of hydrogen-bond acceptors (Lipinski definition) is 4. The SMILES string of the molecule is CC(C)CC(=O)NCc1nnnn1-c1ccc(Br)cc1. The van der Waals surface area contributed by atoms with Gasteiger partial charge < -0.3 is 5.32 Å². The van der Waals surface area contributed by atoms with Crippen LogP contribution in [0.25, 0.3) is 5.69 Å². The number of amides is 1. The van der Waals surface area contributed by atoms with Gasteiger partial charge in [-0.05, 0) is 40.6 Å². The first-order valence-corrected chi connectivity index (χ1v) is 7.15. The van der Waals surface area contributed by atoms with E-state index in [1.165, 1.54) is 0 Å². The molecule has 1 heterocycles. The van der Waals surface area contributed by atoms with Crippen molar-refractivity contribution >= 4 is 21.8 Å². The first kappa shape index (κ1) is 14.6. The van der Waals surface area contributed by atoms with Crippen LogP contribution >= 0.6 is 15.9 Å². The lowest BCUT2D eigenvalue weighted by Gasteiger charge is -2.07. The average Bonchev–Trinajstić information content (AvgIpc) is 2.85. The van der Waals surface area contributed by atoms with Gasteiger partial charge in [0.1, 0.15) is 0 Å². The Morgan fingerprint density at radius 3 is 2.70 bits per heavy atom. The molecule has 7 heteroatoms. The topological polar surface area (TPSA) is 72.7 Å². The summed E-state index contributed by atoms with van der Waals surface area (Å²) in [5, 5.41) is 14.4. The van der Waals surface area contributed by atoms with E-state index in [0.29, 0.717) is 24.7 Å². The molecule has 20 heavy (non-hydrogen) atoms. The Hall–Kier alpha value is -1.76. The van der Waals surface area contributed by atoms with Crippen molar-refractivity contribution in [2.75, 3.05) is 0 Å². The molecule has 1 amide bonds. The summed E-state index contributed by atoms with van der Waals surface area (Å²) in [7, 11) is 0. The lowest BCUT2D eigenvalue weighted by atomic mass is 10.1. The maximum absolute atomic E-state index is 11.6. The third kappa shape index (κ3) is 3.86. The number of nitrogens with zero attached hydrogens (tertiary/aromatic N) is 4. The highest BCUT2D eigenvalue weighted by atomic mass is 79.9. The Bertz CT molecular complexity index is 579. The van der Waals surface area contributed by atoms with Crippen molar-refractivity contribution in [1.82, 2.24) is 25.5 Å². The second kappa shape index (κ2) is 6.60. The third-order valence-corrected chi connectivity index (χ3v) is 3.17. The van der Waals surface area contributed by atoms with Crippen molar-refractivity contribution in [3.8, 4) is 5.69 Å². The number of tetrazole rings is 1. The van der Waals surface area contributed by atoms with E-state index < -0.39 is 0 Å². The molecule has 1 aromatic heterocycles. The Kier molecular flexibility index (Phi) is 4.84. The van der Waals surface area contributed by atoms with Crippen LogP contribution in [0.1, 0.15) is 26.1 Å². The average molecular weight is 338 g/mol. The van der Waals surface area contributed by atoms with Gasteiger partial charge in [-0.25, -0.2) is 0 Å². The van der Waals surface area contributed by atoms with Crippen LogP contribution in [0.3, 0.4) is 0 Å². The van der Waals surface area contributed by atoms with Gasteiger partial charge in [-0.1, -0.05) is 29.8 Å². The summed E-state index contributed by atoms with van der Waals surface area (Å²) in [5.41, 5.74) is 0.853. The van der Waals surface area contributed by atoms with E-state index in [2.05, 4.69) is 36.8 Å². The smallest absolute Gasteiger partial charge is 0.220 e. The Morgan fingerprint density at radius 2 is 2.05 bits per heavy atom. The molecule has 0 radical (unpaired) electrons. The molecule has 1 N–H and O–H groups in total. The second-order valence-electron chi connectivity index (χ2n) is 4.86. The summed E-state index contributed by atoms with van der Waals surface area (Å²) < 4.78 is 2.60. The van der Waals surface area contributed by atoms with Gasteiger partial charge in [0.15, 0.2) is 5.82 Å². The number of halogens is 1. The number of benzene rings is 1. The van der Waals surface area contributed by atoms with Crippen LogP contribution < -0.4 is 5.32 Å². The molecule has 0 atom stereocenters. The van der Waals surface area contributed by atoms with E-state index >= 15 is 0 Å². The molecule has 0 aliphatic rings. The number of aromatic nitrogens is 4. The van der Waals surface area contributed by atoms with Crippen LogP contribution in [0.4, 0.5) is 0 Å². The molecule has 0 aliphatic carbocycles. The van der Waals surface area contributed by atoms with Gasteiger partial charge in [0.05, 0.1) is 12.2 Å². The van der Waals surface area contributed by atoms with E-state index in [1.54, 1.807) is 4.68 Å². The van der Waals surface area contributed by atoms with Crippen molar-refractivity contribution in [3.63, 3.8) is 0 Å². The van der Waals surface area contributed by atoms with Crippen molar-refractivity contribution < 1.29 is 4.79 Å². The van der Waals surface area contributed by atoms with Gasteiger partial charge >= 0.3 is 0 Å². The lowest BCUT2D eigenvalue weighted by molar-refractivity contribution is -0.122. The molecular formula is C13H16BrN5O. The zero-order valence-corrected chi connectivity index (χ0v) is 13.0. The van der Waals surface area contributed by atoms with Gasteiger partial charge in [0, 0.05) is 10.9 Å². The molecule has 0 saturated heterocycles. The van der Waals surface area contributed by atoms with Crippen LogP contribution in [-0.4, -0.2) is 26.1 Å². The number of carbonyl (C=O) groups is 1. The first-order chi connectivity index (χ1) is 9.56. The van der Waals surface area contributed by atoms with Crippen LogP contribution in [0, 0.1) is 5.92 Å². The Labute approximate surface area is 125 Å². The molecule has 0 spiro atoms. The molecule has 2 aromatic rings. The molecule has 0 bridgehead atoms. The molecule has 0 aliphatic heterocycles. The van der Waals surface area contributed by atoms with Crippen molar-refractivity contribution in [1.29, 1.82) is 0 Å². The minimum Gasteiger partial charge on any atom is -0.349 e. The monoisotopic (exact) mass is 337 g/mol. The highest BCUT2D eigenvalue weighted by Crippen LogP contribution is 2.14. The van der Waals surface area contributed by atoms with Crippen LogP contribution in [0.5, 0.6) is 0 Å². The normalized spacial score (nSPS) is 10.8. The summed E-state index contributed by atoms with van der Waals surface area (Å²) in [6, 6.07) is 7.63. The van der Waals surface area contributed by atoms with Crippen LogP contribution in [0.2, 0.25) is 0 Å². The Morgan fingerprint density at radius 1 is 1.35 bits per heavy atom. The number of carbonyl (C=O) groups excluding carboxylic acids is 1. The molecule has 2 rings (SSSR count). The van der Waals surface area contributed by atoms with E-state index in [4.69, 9.17) is 0 Å². The lowest BCUT2D eigenvalue weighted by Crippen LogP contribution is -2.25. The predicted octanol–water partition coefficient (Wildman–Crippen LogP) is 2.09. The summed E-state index contributed by atoms with van der Waals surface area (Å²) >= 11 is 3.38. The molecule has 0 saturated carbocycles. The maximum atomic E-state index is 11.6. The van der Waals surface area contributed by atoms with Crippen molar-refractivity contribution in [3.05, 3.63) is 34.6 Å². The summed E-state index contributed by atoms with van der Waals surface area (Å²) in [6.45, 7) is 4.32. The zero-order valence-electron chi connectivity index (χ0n) is 11.4. The van der Waals surface area contributed by atoms with Crippen molar-refractivity contribution in [2.24, 2.45) is 5.92 Å². The van der Waals surface area contributed by atoms with Gasteiger partial charge in [0.25, 0.3) is 0 Å². The van der Waals surface area contributed by atoms with Crippen LogP contribution in [-0.2, 0) is 11.3 Å². The van der Waals surface area contributed by atoms with E-state index in [1.807, 2.05) is 38.1 Å². The minimum absolute atomic E-state index is 0.00496. The third-order valence-electron chi connectivity index (χ3n) is 2.64. The maximum Gasteiger partial charge on any atom is 0.220 e. The fourth-order valence-electron chi connectivity index (χ4n) is 1.72. The number of hydrogen-bond donors (Lipinski definition) is 1. The van der Waals surface area contributed by atoms with E-state index in [0.717, 1.165) is 10.2 Å². The summed E-state index contributed by atoms with van der Waals surface area (Å²) in [6.07, 6.45) is 0.500. The molecule has 0 fully saturated rings. The highest BCUT2D eigenvalue weighted by molar-refractivity contribution is 9.10. The van der Waals surface area contributed by atoms with Crippen LogP contribution in [0.15, 0.2) is 28.7 Å². The highest BCUT2D eigenvalue weighted by Gasteiger charge is 2.10. The summed E-state index contributed by atoms with van der Waals surface area (Å²) in [4.78, 5) is 11.6. The molecule has 6 nitrogen and oxygen atoms in total. The predicted molar refractivity (Wildman–Crippen MR) is 78.2 cm³/mol. The second-order valence-corrected chi connectivity index (χ2v) is 5.77. The van der Waals surface area contributed by atoms with Gasteiger partial charge in [-0.2, -0.15) is 4.68 Å². The van der Waals surface area contributed by atoms with Gasteiger partial charge in [-0.15, -0.1) is 5.10 Å². The van der Waals surface area contributed by atoms with E-state index in [9.17, 15) is 4.79 Å². The molecule has 106 valence electrons. The molecular weight excluding hydrogens is 322 g/mol. The standard InChI is InChI=1S/C13H16BrN5O/c1-9(2)7-13(20)15-8-12-16-17-18-19(12)11-5-3-10(14)4-6-11/h3-6,9H,7-8H2,1-2H3,(H,15,20). The minimum atomic E-state index is 0.00496. The first-order valence-electron chi connectivity index (χ1n) is 6.36. The van der Waals surface area contributed by atoms with Gasteiger partial charge in [-0.3, -0.25) is 4.79 Å². The molecule has 0 unspecified atom stereocenters.